The van der Waals surface area contributed by atoms with E-state index in [9.17, 15) is 4.79 Å². The van der Waals surface area contributed by atoms with E-state index in [1.807, 2.05) is 0 Å². The summed E-state index contributed by atoms with van der Waals surface area (Å²) in [4.78, 5) is 14.1. The number of carbonyl (C=O) groups excluding carboxylic acids is 1. The van der Waals surface area contributed by atoms with Gasteiger partial charge in [0.25, 0.3) is 0 Å². The molecule has 1 N–H and O–H groups in total. The zero-order valence-corrected chi connectivity index (χ0v) is 6.01. The topological polar surface area (TPSA) is 42.0 Å². The number of nitrogens with one attached hydrogen (secondary N) is 1. The molecule has 1 heterocycles. The lowest BCUT2D eigenvalue weighted by atomic mass is 10.3. The van der Waals surface area contributed by atoms with Crippen LogP contribution < -0.4 is 4.72 Å². The maximum absolute atomic E-state index is 10.3. The van der Waals surface area contributed by atoms with Gasteiger partial charge in [-0.05, 0) is 12.1 Å². The normalized spacial score (nSPS) is 8.90. The number of aromatic nitrogens is 1. The van der Waals surface area contributed by atoms with E-state index in [1.54, 1.807) is 18.3 Å². The van der Waals surface area contributed by atoms with Crippen LogP contribution in [0.15, 0.2) is 18.3 Å². The summed E-state index contributed by atoms with van der Waals surface area (Å²) in [5, 5.41) is 0. The first-order valence-electron chi connectivity index (χ1n) is 2.69. The highest BCUT2D eigenvalue weighted by Gasteiger charge is 1.96. The summed E-state index contributed by atoms with van der Waals surface area (Å²) >= 11 is 3.76. The molecule has 0 aliphatic heterocycles. The second-order valence-electron chi connectivity index (χ2n) is 1.67. The molecule has 0 aromatic carbocycles. The molecule has 0 radical (unpaired) electrons. The number of aldehydes is 1. The van der Waals surface area contributed by atoms with Gasteiger partial charge in [-0.1, -0.05) is 12.8 Å². The molecule has 0 unspecified atom stereocenters. The van der Waals surface area contributed by atoms with Crippen LogP contribution in [0.2, 0.25) is 0 Å². The standard InChI is InChI=1S/C6H6N2OS/c9-4-5-2-1-3-7-6(5)8-10/h1-4,10H,(H,7,8). The molecule has 0 aliphatic rings. The van der Waals surface area contributed by atoms with Crippen molar-refractivity contribution in [2.45, 2.75) is 0 Å². The highest BCUT2D eigenvalue weighted by molar-refractivity contribution is 7.81. The number of hydrogen-bond acceptors (Lipinski definition) is 4. The Morgan fingerprint density at radius 2 is 2.50 bits per heavy atom. The van der Waals surface area contributed by atoms with Gasteiger partial charge in [0.15, 0.2) is 6.29 Å². The van der Waals surface area contributed by atoms with Crippen molar-refractivity contribution in [1.82, 2.24) is 4.98 Å². The van der Waals surface area contributed by atoms with Crippen LogP contribution in [0.3, 0.4) is 0 Å². The molecule has 0 amide bonds. The third kappa shape index (κ3) is 1.27. The van der Waals surface area contributed by atoms with E-state index >= 15 is 0 Å². The van der Waals surface area contributed by atoms with Crippen LogP contribution in [0.5, 0.6) is 0 Å². The summed E-state index contributed by atoms with van der Waals surface area (Å²) in [7, 11) is 0. The van der Waals surface area contributed by atoms with Crippen LogP contribution >= 0.6 is 12.8 Å². The van der Waals surface area contributed by atoms with E-state index in [-0.39, 0.29) is 0 Å². The van der Waals surface area contributed by atoms with Gasteiger partial charge in [-0.15, -0.1) is 0 Å². The molecule has 1 aromatic rings. The molecule has 0 bridgehead atoms. The van der Waals surface area contributed by atoms with Gasteiger partial charge >= 0.3 is 0 Å². The second kappa shape index (κ2) is 3.22. The Morgan fingerprint density at radius 3 is 3.00 bits per heavy atom. The van der Waals surface area contributed by atoms with Gasteiger partial charge in [0.2, 0.25) is 0 Å². The highest BCUT2D eigenvalue weighted by Crippen LogP contribution is 2.08. The van der Waals surface area contributed by atoms with Crippen LogP contribution in [-0.2, 0) is 0 Å². The summed E-state index contributed by atoms with van der Waals surface area (Å²) < 4.78 is 2.50. The molecule has 0 saturated heterocycles. The quantitative estimate of drug-likeness (QED) is 0.496. The fraction of sp³-hybridized carbons (Fsp3) is 0. The fourth-order valence-corrected chi connectivity index (χ4v) is 0.793. The van der Waals surface area contributed by atoms with E-state index in [0.29, 0.717) is 11.4 Å². The maximum atomic E-state index is 10.3. The summed E-state index contributed by atoms with van der Waals surface area (Å²) in [5.74, 6) is 0.487. The molecule has 0 saturated carbocycles. The Morgan fingerprint density at radius 1 is 1.70 bits per heavy atom. The van der Waals surface area contributed by atoms with E-state index in [0.717, 1.165) is 6.29 Å². The summed E-state index contributed by atoms with van der Waals surface area (Å²) in [6, 6.07) is 3.36. The summed E-state index contributed by atoms with van der Waals surface area (Å²) in [6.45, 7) is 0. The Bertz CT molecular complexity index is 239. The minimum absolute atomic E-state index is 0.487. The van der Waals surface area contributed by atoms with Crippen LogP contribution in [0.4, 0.5) is 5.82 Å². The lowest BCUT2D eigenvalue weighted by molar-refractivity contribution is 0.112. The first-order valence-corrected chi connectivity index (χ1v) is 3.13. The van der Waals surface area contributed by atoms with Crippen molar-refractivity contribution >= 4 is 24.9 Å². The monoisotopic (exact) mass is 154 g/mol. The third-order valence-corrected chi connectivity index (χ3v) is 1.28. The Labute approximate surface area is 64.0 Å². The van der Waals surface area contributed by atoms with E-state index in [4.69, 9.17) is 0 Å². The molecule has 1 aromatic heterocycles. The van der Waals surface area contributed by atoms with Crippen LogP contribution in [-0.4, -0.2) is 11.3 Å². The molecule has 10 heavy (non-hydrogen) atoms. The number of nitrogens with zero attached hydrogens (tertiary/aromatic N) is 1. The van der Waals surface area contributed by atoms with Crippen molar-refractivity contribution in [3.05, 3.63) is 23.9 Å². The average molecular weight is 154 g/mol. The summed E-state index contributed by atoms with van der Waals surface area (Å²) in [5.41, 5.74) is 0.512. The molecule has 0 spiro atoms. The van der Waals surface area contributed by atoms with Gasteiger partial charge in [-0.3, -0.25) is 4.79 Å². The van der Waals surface area contributed by atoms with Crippen molar-refractivity contribution in [3.63, 3.8) is 0 Å². The van der Waals surface area contributed by atoms with Gasteiger partial charge in [0, 0.05) is 6.20 Å². The van der Waals surface area contributed by atoms with Crippen LogP contribution in [0.1, 0.15) is 10.4 Å². The molecular formula is C6H6N2OS. The Hall–Kier alpha value is -1.03. The lowest BCUT2D eigenvalue weighted by Gasteiger charge is -1.97. The molecule has 4 heteroatoms. The smallest absolute Gasteiger partial charge is 0.153 e. The predicted molar refractivity (Wildman–Crippen MR) is 42.2 cm³/mol. The molecule has 0 atom stereocenters. The van der Waals surface area contributed by atoms with E-state index in [2.05, 4.69) is 22.5 Å². The second-order valence-corrected chi connectivity index (χ2v) is 1.89. The van der Waals surface area contributed by atoms with Gasteiger partial charge in [0.1, 0.15) is 5.82 Å². The van der Waals surface area contributed by atoms with Crippen molar-refractivity contribution in [1.29, 1.82) is 0 Å². The number of thiol groups is 1. The molecular weight excluding hydrogens is 148 g/mol. The predicted octanol–water partition coefficient (Wildman–Crippen LogP) is 1.15. The number of hydrogen-bond donors (Lipinski definition) is 2. The fourth-order valence-electron chi connectivity index (χ4n) is 0.606. The lowest BCUT2D eigenvalue weighted by Crippen LogP contribution is -1.91. The summed E-state index contributed by atoms with van der Waals surface area (Å²) in [6.07, 6.45) is 2.32. The zero-order chi connectivity index (χ0) is 7.40. The molecule has 0 fully saturated rings. The molecule has 3 nitrogen and oxygen atoms in total. The van der Waals surface area contributed by atoms with Crippen molar-refractivity contribution in [3.8, 4) is 0 Å². The third-order valence-electron chi connectivity index (χ3n) is 1.07. The highest BCUT2D eigenvalue weighted by atomic mass is 32.1. The van der Waals surface area contributed by atoms with E-state index in [1.165, 1.54) is 0 Å². The minimum atomic E-state index is 0.487. The minimum Gasteiger partial charge on any atom is -0.316 e. The van der Waals surface area contributed by atoms with Gasteiger partial charge < -0.3 is 4.72 Å². The first kappa shape index (κ1) is 7.08. The zero-order valence-electron chi connectivity index (χ0n) is 5.11. The Balaban J connectivity index is 3.08. The Kier molecular flexibility index (Phi) is 2.28. The maximum Gasteiger partial charge on any atom is 0.153 e. The number of rotatable bonds is 2. The van der Waals surface area contributed by atoms with Gasteiger partial charge in [-0.25, -0.2) is 4.98 Å². The molecule has 0 aliphatic carbocycles. The largest absolute Gasteiger partial charge is 0.316 e. The van der Waals surface area contributed by atoms with Crippen LogP contribution in [0, 0.1) is 0 Å². The number of carbonyl (C=O) groups is 1. The average Bonchev–Trinajstić information content (AvgIpc) is 2.04. The van der Waals surface area contributed by atoms with Crippen LogP contribution in [0.25, 0.3) is 0 Å². The van der Waals surface area contributed by atoms with Gasteiger partial charge in [-0.2, -0.15) is 0 Å². The molecule has 1 rings (SSSR count). The number of pyridine rings is 1. The number of anilines is 1. The van der Waals surface area contributed by atoms with Crippen molar-refractivity contribution in [2.24, 2.45) is 0 Å². The van der Waals surface area contributed by atoms with Crippen molar-refractivity contribution < 1.29 is 4.79 Å². The first-order chi connectivity index (χ1) is 4.88. The van der Waals surface area contributed by atoms with Gasteiger partial charge in [0.05, 0.1) is 5.56 Å². The SMILES string of the molecule is O=Cc1cccnc1NS. The van der Waals surface area contributed by atoms with E-state index < -0.39 is 0 Å². The van der Waals surface area contributed by atoms with Crippen molar-refractivity contribution in [2.75, 3.05) is 4.72 Å². The molecule has 52 valence electrons.